The molecule has 142 valence electrons. The van der Waals surface area contributed by atoms with E-state index >= 15 is 0 Å². The number of ether oxygens (including phenoxy) is 1. The number of hydrazine groups is 1. The third-order valence-corrected chi connectivity index (χ3v) is 4.77. The SMILES string of the molecule is Cc1cc(Cl)ccc1O[C@@H](C)C(=O)NNC(=O)[C@H]1CCCC[C@@H]1C(=O)O. The van der Waals surface area contributed by atoms with Gasteiger partial charge in [0.15, 0.2) is 6.10 Å². The molecular weight excluding hydrogens is 360 g/mol. The van der Waals surface area contributed by atoms with Gasteiger partial charge in [-0.05, 0) is 50.5 Å². The second-order valence-corrected chi connectivity index (χ2v) is 6.92. The van der Waals surface area contributed by atoms with Gasteiger partial charge in [0.1, 0.15) is 5.75 Å². The Morgan fingerprint density at radius 3 is 2.46 bits per heavy atom. The molecule has 26 heavy (non-hydrogen) atoms. The molecule has 0 spiro atoms. The van der Waals surface area contributed by atoms with Gasteiger partial charge in [0.25, 0.3) is 5.91 Å². The van der Waals surface area contributed by atoms with E-state index in [1.54, 1.807) is 25.1 Å². The fourth-order valence-corrected chi connectivity index (χ4v) is 3.27. The minimum atomic E-state index is -0.980. The Hall–Kier alpha value is -2.28. The second kappa shape index (κ2) is 8.89. The van der Waals surface area contributed by atoms with Crippen molar-refractivity contribution >= 4 is 29.4 Å². The Morgan fingerprint density at radius 2 is 1.85 bits per heavy atom. The van der Waals surface area contributed by atoms with Crippen molar-refractivity contribution in [3.8, 4) is 5.75 Å². The van der Waals surface area contributed by atoms with E-state index in [1.165, 1.54) is 0 Å². The van der Waals surface area contributed by atoms with Crippen molar-refractivity contribution in [2.24, 2.45) is 11.8 Å². The molecule has 0 aliphatic heterocycles. The van der Waals surface area contributed by atoms with E-state index in [0.29, 0.717) is 23.6 Å². The lowest BCUT2D eigenvalue weighted by Gasteiger charge is -2.27. The number of rotatable bonds is 5. The highest BCUT2D eigenvalue weighted by Crippen LogP contribution is 2.30. The number of benzene rings is 1. The molecular formula is C18H23ClN2O5. The minimum Gasteiger partial charge on any atom is -0.481 e. The summed E-state index contributed by atoms with van der Waals surface area (Å²) in [5, 5.41) is 9.81. The third kappa shape index (κ3) is 5.11. The number of aliphatic carboxylic acids is 1. The summed E-state index contributed by atoms with van der Waals surface area (Å²) in [6.45, 7) is 3.36. The number of hydrogen-bond donors (Lipinski definition) is 3. The molecule has 1 saturated carbocycles. The fraction of sp³-hybridized carbons (Fsp3) is 0.500. The number of halogens is 1. The number of hydrogen-bond acceptors (Lipinski definition) is 4. The molecule has 3 atom stereocenters. The number of carbonyl (C=O) groups excluding carboxylic acids is 2. The van der Waals surface area contributed by atoms with Gasteiger partial charge in [0, 0.05) is 5.02 Å². The van der Waals surface area contributed by atoms with Crippen LogP contribution < -0.4 is 15.6 Å². The van der Waals surface area contributed by atoms with Crippen LogP contribution in [0.25, 0.3) is 0 Å². The first-order valence-corrected chi connectivity index (χ1v) is 8.92. The number of carboxylic acids is 1. The predicted molar refractivity (Wildman–Crippen MR) is 95.6 cm³/mol. The van der Waals surface area contributed by atoms with Gasteiger partial charge in [-0.3, -0.25) is 25.2 Å². The highest BCUT2D eigenvalue weighted by Gasteiger charge is 2.36. The number of carbonyl (C=O) groups is 3. The van der Waals surface area contributed by atoms with Gasteiger partial charge in [-0.15, -0.1) is 0 Å². The molecule has 8 heteroatoms. The topological polar surface area (TPSA) is 105 Å². The van der Waals surface area contributed by atoms with Crippen LogP contribution in [0.5, 0.6) is 5.75 Å². The van der Waals surface area contributed by atoms with Crippen LogP contribution in [0, 0.1) is 18.8 Å². The third-order valence-electron chi connectivity index (χ3n) is 4.54. The number of carboxylic acid groups (broad SMARTS) is 1. The van der Waals surface area contributed by atoms with Gasteiger partial charge in [-0.1, -0.05) is 24.4 Å². The highest BCUT2D eigenvalue weighted by atomic mass is 35.5. The quantitative estimate of drug-likeness (QED) is 0.678. The average Bonchev–Trinajstić information content (AvgIpc) is 2.61. The molecule has 0 aromatic heterocycles. The summed E-state index contributed by atoms with van der Waals surface area (Å²) in [5.41, 5.74) is 5.42. The summed E-state index contributed by atoms with van der Waals surface area (Å²) in [7, 11) is 0. The monoisotopic (exact) mass is 382 g/mol. The van der Waals surface area contributed by atoms with Crippen LogP contribution in [0.3, 0.4) is 0 Å². The Balaban J connectivity index is 1.88. The molecule has 0 heterocycles. The maximum atomic E-state index is 12.2. The summed E-state index contributed by atoms with van der Waals surface area (Å²) in [6, 6.07) is 5.04. The van der Waals surface area contributed by atoms with Crippen LogP contribution in [-0.2, 0) is 14.4 Å². The zero-order valence-electron chi connectivity index (χ0n) is 14.8. The van der Waals surface area contributed by atoms with Crippen LogP contribution >= 0.6 is 11.6 Å². The van der Waals surface area contributed by atoms with Crippen molar-refractivity contribution < 1.29 is 24.2 Å². The van der Waals surface area contributed by atoms with E-state index in [4.69, 9.17) is 16.3 Å². The smallest absolute Gasteiger partial charge is 0.307 e. The first kappa shape index (κ1) is 20.0. The Labute approximate surface area is 157 Å². The highest BCUT2D eigenvalue weighted by molar-refractivity contribution is 6.30. The van der Waals surface area contributed by atoms with E-state index in [2.05, 4.69) is 10.9 Å². The lowest BCUT2D eigenvalue weighted by atomic mass is 9.79. The van der Waals surface area contributed by atoms with Crippen molar-refractivity contribution in [2.45, 2.75) is 45.6 Å². The molecule has 2 rings (SSSR count). The van der Waals surface area contributed by atoms with Gasteiger partial charge >= 0.3 is 5.97 Å². The van der Waals surface area contributed by atoms with Crippen molar-refractivity contribution in [1.82, 2.24) is 10.9 Å². The predicted octanol–water partition coefficient (Wildman–Crippen LogP) is 2.45. The summed E-state index contributed by atoms with van der Waals surface area (Å²) < 4.78 is 5.58. The first-order chi connectivity index (χ1) is 12.3. The lowest BCUT2D eigenvalue weighted by molar-refractivity contribution is -0.149. The summed E-state index contributed by atoms with van der Waals surface area (Å²) >= 11 is 5.88. The lowest BCUT2D eigenvalue weighted by Crippen LogP contribution is -2.51. The molecule has 1 fully saturated rings. The summed E-state index contributed by atoms with van der Waals surface area (Å²) in [6.07, 6.45) is 1.70. The van der Waals surface area contributed by atoms with Crippen LogP contribution in [-0.4, -0.2) is 29.0 Å². The summed E-state index contributed by atoms with van der Waals surface area (Å²) in [5.74, 6) is -2.84. The van der Waals surface area contributed by atoms with E-state index in [0.717, 1.165) is 18.4 Å². The van der Waals surface area contributed by atoms with Crippen LogP contribution in [0.4, 0.5) is 0 Å². The van der Waals surface area contributed by atoms with Crippen molar-refractivity contribution in [1.29, 1.82) is 0 Å². The maximum absolute atomic E-state index is 12.2. The molecule has 2 amide bonds. The zero-order valence-corrected chi connectivity index (χ0v) is 15.5. The Bertz CT molecular complexity index is 694. The number of amides is 2. The van der Waals surface area contributed by atoms with E-state index in [9.17, 15) is 19.5 Å². The molecule has 0 radical (unpaired) electrons. The maximum Gasteiger partial charge on any atom is 0.307 e. The molecule has 7 nitrogen and oxygen atoms in total. The Kier molecular flexibility index (Phi) is 6.85. The van der Waals surface area contributed by atoms with Gasteiger partial charge in [0.2, 0.25) is 5.91 Å². The number of aryl methyl sites for hydroxylation is 1. The second-order valence-electron chi connectivity index (χ2n) is 6.48. The van der Waals surface area contributed by atoms with Crippen LogP contribution in [0.1, 0.15) is 38.2 Å². The van der Waals surface area contributed by atoms with Crippen LogP contribution in [0.15, 0.2) is 18.2 Å². The van der Waals surface area contributed by atoms with Gasteiger partial charge in [-0.2, -0.15) is 0 Å². The van der Waals surface area contributed by atoms with Gasteiger partial charge < -0.3 is 9.84 Å². The summed E-state index contributed by atoms with van der Waals surface area (Å²) in [4.78, 5) is 35.7. The molecule has 0 bridgehead atoms. The van der Waals surface area contributed by atoms with Gasteiger partial charge in [-0.25, -0.2) is 0 Å². The van der Waals surface area contributed by atoms with Crippen molar-refractivity contribution in [3.63, 3.8) is 0 Å². The van der Waals surface area contributed by atoms with Crippen molar-refractivity contribution in [3.05, 3.63) is 28.8 Å². The molecule has 0 unspecified atom stereocenters. The molecule has 3 N–H and O–H groups in total. The van der Waals surface area contributed by atoms with Gasteiger partial charge in [0.05, 0.1) is 11.8 Å². The van der Waals surface area contributed by atoms with Crippen molar-refractivity contribution in [2.75, 3.05) is 0 Å². The normalized spacial score (nSPS) is 20.7. The fourth-order valence-electron chi connectivity index (χ4n) is 3.05. The zero-order chi connectivity index (χ0) is 19.3. The van der Waals surface area contributed by atoms with E-state index < -0.39 is 35.7 Å². The van der Waals surface area contributed by atoms with E-state index in [1.807, 2.05) is 6.92 Å². The minimum absolute atomic E-state index is 0.469. The first-order valence-electron chi connectivity index (χ1n) is 8.55. The standard InChI is InChI=1S/C18H23ClN2O5/c1-10-9-12(19)7-8-15(10)26-11(2)16(22)20-21-17(23)13-5-3-4-6-14(13)18(24)25/h7-9,11,13-14H,3-6H2,1-2H3,(H,20,22)(H,21,23)(H,24,25)/t11-,13-,14-/m0/s1. The molecule has 0 saturated heterocycles. The average molecular weight is 383 g/mol. The molecule has 1 aliphatic carbocycles. The largest absolute Gasteiger partial charge is 0.481 e. The van der Waals surface area contributed by atoms with Crippen LogP contribution in [0.2, 0.25) is 5.02 Å². The molecule has 1 aromatic carbocycles. The molecule has 1 aliphatic rings. The Morgan fingerprint density at radius 1 is 1.19 bits per heavy atom. The molecule has 1 aromatic rings. The van der Waals surface area contributed by atoms with E-state index in [-0.39, 0.29) is 0 Å². The number of nitrogens with one attached hydrogen (secondary N) is 2.